The minimum absolute atomic E-state index is 0.0697. The van der Waals surface area contributed by atoms with Crippen molar-refractivity contribution in [3.05, 3.63) is 139 Å². The van der Waals surface area contributed by atoms with E-state index in [1.54, 1.807) is 0 Å². The van der Waals surface area contributed by atoms with Crippen molar-refractivity contribution < 1.29 is 8.83 Å². The zero-order valence-corrected chi connectivity index (χ0v) is 28.3. The second-order valence-corrected chi connectivity index (χ2v) is 14.4. The van der Waals surface area contributed by atoms with E-state index in [1.807, 2.05) is 60.7 Å². The average molecular weight is 648 g/mol. The SMILES string of the molecule is CC1(C)c2ccccc2-c2c(ccc3c2oc2c(-c4nc(-c5ccccc5)nc(-c5cccc6oc7ccccc7c56)n4)cccc23)C1(C)C. The summed E-state index contributed by atoms with van der Waals surface area (Å²) in [4.78, 5) is 15.4. The maximum atomic E-state index is 7.05. The Morgan fingerprint density at radius 2 is 1.02 bits per heavy atom. The molecule has 0 fully saturated rings. The van der Waals surface area contributed by atoms with E-state index in [4.69, 9.17) is 23.8 Å². The molecule has 3 heterocycles. The third-order valence-electron chi connectivity index (χ3n) is 11.3. The predicted molar refractivity (Wildman–Crippen MR) is 202 cm³/mol. The predicted octanol–water partition coefficient (Wildman–Crippen LogP) is 11.9. The fourth-order valence-electron chi connectivity index (χ4n) is 8.04. The Bertz CT molecular complexity index is 2820. The summed E-state index contributed by atoms with van der Waals surface area (Å²) in [5.74, 6) is 1.73. The van der Waals surface area contributed by atoms with E-state index < -0.39 is 0 Å². The van der Waals surface area contributed by atoms with E-state index in [0.717, 1.165) is 60.6 Å². The van der Waals surface area contributed by atoms with Gasteiger partial charge in [0.05, 0.1) is 5.56 Å². The second kappa shape index (κ2) is 10.2. The zero-order valence-electron chi connectivity index (χ0n) is 28.3. The molecule has 0 saturated carbocycles. The van der Waals surface area contributed by atoms with E-state index in [1.165, 1.54) is 22.3 Å². The molecule has 10 rings (SSSR count). The number of fused-ring (bicyclic) bond motifs is 10. The molecule has 5 nitrogen and oxygen atoms in total. The highest BCUT2D eigenvalue weighted by Crippen LogP contribution is 2.56. The van der Waals surface area contributed by atoms with Crippen LogP contribution in [0.3, 0.4) is 0 Å². The number of furan rings is 2. The van der Waals surface area contributed by atoms with Crippen molar-refractivity contribution in [3.63, 3.8) is 0 Å². The lowest BCUT2D eigenvalue weighted by atomic mass is 9.55. The van der Waals surface area contributed by atoms with Crippen LogP contribution in [0.25, 0.3) is 89.2 Å². The van der Waals surface area contributed by atoms with E-state index in [9.17, 15) is 0 Å². The molecule has 3 aromatic heterocycles. The van der Waals surface area contributed by atoms with Gasteiger partial charge in [0.25, 0.3) is 0 Å². The molecule has 240 valence electrons. The second-order valence-electron chi connectivity index (χ2n) is 14.4. The van der Waals surface area contributed by atoms with Crippen molar-refractivity contribution in [2.75, 3.05) is 0 Å². The van der Waals surface area contributed by atoms with E-state index in [2.05, 4.69) is 94.4 Å². The molecule has 0 spiro atoms. The Morgan fingerprint density at radius 3 is 1.88 bits per heavy atom. The highest BCUT2D eigenvalue weighted by Gasteiger charge is 2.46. The van der Waals surface area contributed by atoms with Gasteiger partial charge in [-0.2, -0.15) is 0 Å². The lowest BCUT2D eigenvalue weighted by Crippen LogP contribution is -2.43. The van der Waals surface area contributed by atoms with Crippen molar-refractivity contribution >= 4 is 43.9 Å². The Hall–Kier alpha value is -6.07. The van der Waals surface area contributed by atoms with Crippen molar-refractivity contribution in [2.45, 2.75) is 38.5 Å². The Morgan fingerprint density at radius 1 is 0.420 bits per heavy atom. The maximum Gasteiger partial charge on any atom is 0.167 e. The molecule has 0 N–H and O–H groups in total. The monoisotopic (exact) mass is 647 g/mol. The molecule has 0 radical (unpaired) electrons. The average Bonchev–Trinajstić information content (AvgIpc) is 3.73. The van der Waals surface area contributed by atoms with Gasteiger partial charge < -0.3 is 8.83 Å². The van der Waals surface area contributed by atoms with Gasteiger partial charge in [-0.3, -0.25) is 0 Å². The van der Waals surface area contributed by atoms with Gasteiger partial charge in [0.15, 0.2) is 17.5 Å². The van der Waals surface area contributed by atoms with Crippen LogP contribution < -0.4 is 0 Å². The van der Waals surface area contributed by atoms with E-state index in [0.29, 0.717) is 17.5 Å². The summed E-state index contributed by atoms with van der Waals surface area (Å²) in [6, 6.07) is 43.8. The maximum absolute atomic E-state index is 7.05. The molecular formula is C45H33N3O2. The number of hydrogen-bond acceptors (Lipinski definition) is 5. The molecule has 1 aliphatic carbocycles. The van der Waals surface area contributed by atoms with Crippen LogP contribution >= 0.6 is 0 Å². The van der Waals surface area contributed by atoms with Crippen LogP contribution in [0.4, 0.5) is 0 Å². The highest BCUT2D eigenvalue weighted by atomic mass is 16.3. The van der Waals surface area contributed by atoms with E-state index >= 15 is 0 Å². The van der Waals surface area contributed by atoms with Crippen molar-refractivity contribution in [2.24, 2.45) is 0 Å². The van der Waals surface area contributed by atoms with Crippen LogP contribution in [0.15, 0.2) is 136 Å². The number of aromatic nitrogens is 3. The van der Waals surface area contributed by atoms with Gasteiger partial charge in [-0.25, -0.2) is 15.0 Å². The summed E-state index contributed by atoms with van der Waals surface area (Å²) >= 11 is 0. The first kappa shape index (κ1) is 28.9. The summed E-state index contributed by atoms with van der Waals surface area (Å²) in [6.45, 7) is 9.41. The molecule has 9 aromatic rings. The van der Waals surface area contributed by atoms with Crippen LogP contribution in [-0.2, 0) is 10.8 Å². The van der Waals surface area contributed by atoms with Gasteiger partial charge in [-0.1, -0.05) is 137 Å². The van der Waals surface area contributed by atoms with Gasteiger partial charge in [0.2, 0.25) is 0 Å². The third-order valence-corrected chi connectivity index (χ3v) is 11.3. The van der Waals surface area contributed by atoms with Gasteiger partial charge in [0, 0.05) is 38.2 Å². The van der Waals surface area contributed by atoms with Crippen molar-refractivity contribution in [1.29, 1.82) is 0 Å². The minimum atomic E-state index is -0.126. The van der Waals surface area contributed by atoms with Crippen LogP contribution in [-0.4, -0.2) is 15.0 Å². The summed E-state index contributed by atoms with van der Waals surface area (Å²) < 4.78 is 13.3. The fourth-order valence-corrected chi connectivity index (χ4v) is 8.04. The molecule has 6 aromatic carbocycles. The first-order valence-electron chi connectivity index (χ1n) is 17.1. The van der Waals surface area contributed by atoms with Crippen molar-refractivity contribution in [1.82, 2.24) is 15.0 Å². The van der Waals surface area contributed by atoms with E-state index in [-0.39, 0.29) is 10.8 Å². The summed E-state index contributed by atoms with van der Waals surface area (Å²) in [5, 5.41) is 4.12. The molecule has 1 aliphatic rings. The fraction of sp³-hybridized carbons (Fsp3) is 0.133. The smallest absolute Gasteiger partial charge is 0.167 e. The molecule has 5 heteroatoms. The lowest BCUT2D eigenvalue weighted by molar-refractivity contribution is 0.299. The third kappa shape index (κ3) is 3.92. The minimum Gasteiger partial charge on any atom is -0.456 e. The molecular weight excluding hydrogens is 615 g/mol. The molecule has 0 atom stereocenters. The quantitative estimate of drug-likeness (QED) is 0.191. The van der Waals surface area contributed by atoms with Gasteiger partial charge in [-0.05, 0) is 45.7 Å². The van der Waals surface area contributed by atoms with Gasteiger partial charge in [-0.15, -0.1) is 0 Å². The number of para-hydroxylation sites is 2. The molecule has 0 aliphatic heterocycles. The van der Waals surface area contributed by atoms with Crippen LogP contribution in [0.5, 0.6) is 0 Å². The Balaban J connectivity index is 1.26. The van der Waals surface area contributed by atoms with Crippen LogP contribution in [0.2, 0.25) is 0 Å². The van der Waals surface area contributed by atoms with Gasteiger partial charge in [0.1, 0.15) is 22.3 Å². The standard InChI is InChI=1S/C45H33N3O2/c1-44(2)33-21-10-8-16-29(33)38-34(45(44,3)4)25-24-28-27-18-12-20-32(39(27)50-40(28)38)43-47-41(26-14-6-5-7-15-26)46-42(48-43)31-19-13-23-36-37(31)30-17-9-11-22-35(30)49-36/h5-25H,1-4H3. The summed E-state index contributed by atoms with van der Waals surface area (Å²) in [6.07, 6.45) is 0. The first-order chi connectivity index (χ1) is 24.3. The number of rotatable bonds is 3. The summed E-state index contributed by atoms with van der Waals surface area (Å²) in [5.41, 5.74) is 10.7. The molecule has 0 amide bonds. The zero-order chi connectivity index (χ0) is 33.8. The normalized spacial score (nSPS) is 14.7. The summed E-state index contributed by atoms with van der Waals surface area (Å²) in [7, 11) is 0. The molecule has 0 saturated heterocycles. The Labute approximate surface area is 289 Å². The number of hydrogen-bond donors (Lipinski definition) is 0. The first-order valence-corrected chi connectivity index (χ1v) is 17.1. The topological polar surface area (TPSA) is 65.0 Å². The molecule has 0 bridgehead atoms. The molecule has 0 unspecified atom stereocenters. The van der Waals surface area contributed by atoms with Crippen molar-refractivity contribution in [3.8, 4) is 45.3 Å². The number of benzene rings is 6. The Kier molecular flexibility index (Phi) is 5.91. The molecule has 50 heavy (non-hydrogen) atoms. The van der Waals surface area contributed by atoms with Crippen LogP contribution in [0.1, 0.15) is 38.8 Å². The van der Waals surface area contributed by atoms with Crippen LogP contribution in [0, 0.1) is 0 Å². The number of nitrogens with zero attached hydrogens (tertiary/aromatic N) is 3. The largest absolute Gasteiger partial charge is 0.456 e. The van der Waals surface area contributed by atoms with Gasteiger partial charge >= 0.3 is 0 Å². The highest BCUT2D eigenvalue weighted by molar-refractivity contribution is 6.14. The lowest BCUT2D eigenvalue weighted by Gasteiger charge is -2.48.